The number of hydrogen-bond donors (Lipinski definition) is 2. The number of aromatic nitrogens is 2. The monoisotopic (exact) mass is 286 g/mol. The van der Waals surface area contributed by atoms with E-state index in [9.17, 15) is 8.42 Å². The fraction of sp³-hybridized carbons (Fsp3) is 0.636. The van der Waals surface area contributed by atoms with E-state index in [4.69, 9.17) is 5.11 Å². The molecule has 0 radical (unpaired) electrons. The van der Waals surface area contributed by atoms with Crippen LogP contribution in [0.15, 0.2) is 6.07 Å². The largest absolute Gasteiger partial charge is 0.395 e. The molecule has 7 nitrogen and oxygen atoms in total. The van der Waals surface area contributed by atoms with Crippen molar-refractivity contribution in [3.05, 3.63) is 17.6 Å². The van der Waals surface area contributed by atoms with Gasteiger partial charge in [-0.25, -0.2) is 22.7 Å². The third-order valence-electron chi connectivity index (χ3n) is 2.97. The quantitative estimate of drug-likeness (QED) is 0.761. The molecule has 0 atom stereocenters. The molecule has 0 unspecified atom stereocenters. The molecule has 0 aromatic carbocycles. The molecule has 0 saturated carbocycles. The van der Waals surface area contributed by atoms with Crippen LogP contribution in [0.2, 0.25) is 0 Å². The average Bonchev–Trinajstić information content (AvgIpc) is 2.21. The normalized spacial score (nSPS) is 17.2. The van der Waals surface area contributed by atoms with Gasteiger partial charge in [-0.3, -0.25) is 0 Å². The fourth-order valence-electron chi connectivity index (χ4n) is 1.92. The minimum Gasteiger partial charge on any atom is -0.395 e. The van der Waals surface area contributed by atoms with E-state index in [-0.39, 0.29) is 12.5 Å². The van der Waals surface area contributed by atoms with E-state index in [1.165, 1.54) is 10.6 Å². The minimum atomic E-state index is -3.11. The summed E-state index contributed by atoms with van der Waals surface area (Å²) in [6.07, 6.45) is 1.20. The van der Waals surface area contributed by atoms with Gasteiger partial charge >= 0.3 is 0 Å². The molecule has 1 fully saturated rings. The Morgan fingerprint density at radius 1 is 1.47 bits per heavy atom. The molecule has 1 aromatic heterocycles. The van der Waals surface area contributed by atoms with Crippen LogP contribution in [0.5, 0.6) is 0 Å². The summed E-state index contributed by atoms with van der Waals surface area (Å²) in [6, 6.07) is 1.80. The van der Waals surface area contributed by atoms with Crippen molar-refractivity contribution in [2.75, 3.05) is 37.8 Å². The number of aryl methyl sites for hydroxylation is 1. The van der Waals surface area contributed by atoms with E-state index in [2.05, 4.69) is 15.3 Å². The molecule has 106 valence electrons. The third-order valence-corrected chi connectivity index (χ3v) is 4.21. The Labute approximate surface area is 112 Å². The summed E-state index contributed by atoms with van der Waals surface area (Å²) in [6.45, 7) is 3.19. The summed E-state index contributed by atoms with van der Waals surface area (Å²) in [7, 11) is -3.11. The van der Waals surface area contributed by atoms with E-state index in [0.29, 0.717) is 31.3 Å². The summed E-state index contributed by atoms with van der Waals surface area (Å²) in [4.78, 5) is 8.70. The van der Waals surface area contributed by atoms with Crippen LogP contribution in [0.3, 0.4) is 0 Å². The number of sulfonamides is 1. The van der Waals surface area contributed by atoms with Crippen LogP contribution in [-0.4, -0.2) is 60.3 Å². The Morgan fingerprint density at radius 2 is 2.16 bits per heavy atom. The SMILES string of the molecule is Cc1cc(NCCO)nc(C2CN(S(C)(=O)=O)C2)n1. The lowest BCUT2D eigenvalue weighted by Gasteiger charge is -2.36. The zero-order valence-electron chi connectivity index (χ0n) is 11.0. The van der Waals surface area contributed by atoms with E-state index >= 15 is 0 Å². The van der Waals surface area contributed by atoms with Crippen molar-refractivity contribution in [1.29, 1.82) is 0 Å². The molecule has 2 heterocycles. The second-order valence-electron chi connectivity index (χ2n) is 4.68. The second-order valence-corrected chi connectivity index (χ2v) is 6.66. The van der Waals surface area contributed by atoms with Crippen LogP contribution in [0.1, 0.15) is 17.4 Å². The van der Waals surface area contributed by atoms with E-state index in [0.717, 1.165) is 5.69 Å². The lowest BCUT2D eigenvalue weighted by molar-refractivity contribution is 0.257. The minimum absolute atomic E-state index is 0.0314. The van der Waals surface area contributed by atoms with Crippen LogP contribution < -0.4 is 5.32 Å². The zero-order valence-corrected chi connectivity index (χ0v) is 11.8. The zero-order chi connectivity index (χ0) is 14.0. The standard InChI is InChI=1S/C11H18N4O3S/c1-8-5-10(12-3-4-16)14-11(13-8)9-6-15(7-9)19(2,17)18/h5,9,16H,3-4,6-7H2,1-2H3,(H,12,13,14). The summed E-state index contributed by atoms with van der Waals surface area (Å²) in [5, 5.41) is 11.8. The predicted molar refractivity (Wildman–Crippen MR) is 71.5 cm³/mol. The molecule has 0 aliphatic carbocycles. The second kappa shape index (κ2) is 5.40. The van der Waals surface area contributed by atoms with Gasteiger partial charge in [-0.1, -0.05) is 0 Å². The van der Waals surface area contributed by atoms with Gasteiger partial charge in [-0.2, -0.15) is 0 Å². The molecule has 0 spiro atoms. The molecule has 19 heavy (non-hydrogen) atoms. The van der Waals surface area contributed by atoms with Gasteiger partial charge in [-0.15, -0.1) is 0 Å². The smallest absolute Gasteiger partial charge is 0.211 e. The summed E-state index contributed by atoms with van der Waals surface area (Å²) >= 11 is 0. The van der Waals surface area contributed by atoms with Gasteiger partial charge in [0.05, 0.1) is 12.9 Å². The van der Waals surface area contributed by atoms with E-state index in [1.54, 1.807) is 6.07 Å². The van der Waals surface area contributed by atoms with Crippen molar-refractivity contribution in [2.45, 2.75) is 12.8 Å². The van der Waals surface area contributed by atoms with Gasteiger partial charge in [-0.05, 0) is 6.92 Å². The van der Waals surface area contributed by atoms with E-state index in [1.807, 2.05) is 6.92 Å². The molecule has 2 N–H and O–H groups in total. The molecule has 1 aliphatic heterocycles. The lowest BCUT2D eigenvalue weighted by atomic mass is 10.0. The molecule has 0 bridgehead atoms. The highest BCUT2D eigenvalue weighted by Crippen LogP contribution is 2.27. The maximum Gasteiger partial charge on any atom is 0.211 e. The Kier molecular flexibility index (Phi) is 4.02. The number of aliphatic hydroxyl groups excluding tert-OH is 1. The summed E-state index contributed by atoms with van der Waals surface area (Å²) in [5.41, 5.74) is 0.822. The van der Waals surface area contributed by atoms with Gasteiger partial charge in [0.1, 0.15) is 11.6 Å². The molecule has 0 amide bonds. The number of rotatable bonds is 5. The number of nitrogens with zero attached hydrogens (tertiary/aromatic N) is 3. The molecule has 2 rings (SSSR count). The van der Waals surface area contributed by atoms with Crippen molar-refractivity contribution in [3.63, 3.8) is 0 Å². The highest BCUT2D eigenvalue weighted by atomic mass is 32.2. The van der Waals surface area contributed by atoms with Gasteiger partial charge in [0, 0.05) is 37.3 Å². The fourth-order valence-corrected chi connectivity index (χ4v) is 2.82. The van der Waals surface area contributed by atoms with Crippen molar-refractivity contribution in [3.8, 4) is 0 Å². The Hall–Kier alpha value is -1.25. The van der Waals surface area contributed by atoms with Crippen LogP contribution in [-0.2, 0) is 10.0 Å². The van der Waals surface area contributed by atoms with Gasteiger partial charge in [0.15, 0.2) is 0 Å². The first-order valence-electron chi connectivity index (χ1n) is 6.05. The topological polar surface area (TPSA) is 95.4 Å². The van der Waals surface area contributed by atoms with Crippen LogP contribution >= 0.6 is 0 Å². The maximum absolute atomic E-state index is 11.3. The first kappa shape index (κ1) is 14.2. The highest BCUT2D eigenvalue weighted by molar-refractivity contribution is 7.88. The van der Waals surface area contributed by atoms with Crippen molar-refractivity contribution in [2.24, 2.45) is 0 Å². The summed E-state index contributed by atoms with van der Waals surface area (Å²) in [5.74, 6) is 1.36. The molecule has 8 heteroatoms. The molecular formula is C11H18N4O3S. The van der Waals surface area contributed by atoms with Gasteiger partial charge in [0.2, 0.25) is 10.0 Å². The van der Waals surface area contributed by atoms with Crippen LogP contribution in [0.25, 0.3) is 0 Å². The predicted octanol–water partition coefficient (Wildman–Crippen LogP) is -0.452. The number of nitrogens with one attached hydrogen (secondary N) is 1. The Morgan fingerprint density at radius 3 is 2.74 bits per heavy atom. The number of anilines is 1. The molecule has 1 saturated heterocycles. The Bertz CT molecular complexity index is 555. The first-order chi connectivity index (χ1) is 8.90. The van der Waals surface area contributed by atoms with Gasteiger partial charge < -0.3 is 10.4 Å². The summed E-state index contributed by atoms with van der Waals surface area (Å²) < 4.78 is 24.0. The molecule has 1 aromatic rings. The number of aliphatic hydroxyl groups is 1. The highest BCUT2D eigenvalue weighted by Gasteiger charge is 2.36. The van der Waals surface area contributed by atoms with Crippen molar-refractivity contribution < 1.29 is 13.5 Å². The number of hydrogen-bond acceptors (Lipinski definition) is 6. The van der Waals surface area contributed by atoms with Crippen LogP contribution in [0.4, 0.5) is 5.82 Å². The van der Waals surface area contributed by atoms with Crippen molar-refractivity contribution in [1.82, 2.24) is 14.3 Å². The van der Waals surface area contributed by atoms with Crippen LogP contribution in [0, 0.1) is 6.92 Å². The molecule has 1 aliphatic rings. The first-order valence-corrected chi connectivity index (χ1v) is 7.90. The Balaban J connectivity index is 2.08. The third kappa shape index (κ3) is 3.40. The van der Waals surface area contributed by atoms with Crippen molar-refractivity contribution >= 4 is 15.8 Å². The maximum atomic E-state index is 11.3. The van der Waals surface area contributed by atoms with Gasteiger partial charge in [0.25, 0.3) is 0 Å². The van der Waals surface area contributed by atoms with E-state index < -0.39 is 10.0 Å². The molecular weight excluding hydrogens is 268 g/mol. The lowest BCUT2D eigenvalue weighted by Crippen LogP contribution is -2.48. The average molecular weight is 286 g/mol.